The Morgan fingerprint density at radius 3 is 2.16 bits per heavy atom. The van der Waals surface area contributed by atoms with Gasteiger partial charge in [-0.25, -0.2) is 13.6 Å². The molecule has 1 rings (SSSR count). The molecule has 8 heteroatoms. The van der Waals surface area contributed by atoms with Crippen molar-refractivity contribution in [1.82, 2.24) is 5.32 Å². The fraction of sp³-hybridized carbons (Fsp3) is 0.364. The summed E-state index contributed by atoms with van der Waals surface area (Å²) >= 11 is 11.6. The van der Waals surface area contributed by atoms with Crippen molar-refractivity contribution in [3.8, 4) is 0 Å². The summed E-state index contributed by atoms with van der Waals surface area (Å²) in [6.45, 7) is 5.36. The highest BCUT2D eigenvalue weighted by molar-refractivity contribution is 7.89. The van der Waals surface area contributed by atoms with Gasteiger partial charge in [-0.2, -0.15) is 0 Å². The first-order valence-electron chi connectivity index (χ1n) is 5.26. The number of carbonyl (C=O) groups excluding carboxylic acids is 1. The third-order valence-electron chi connectivity index (χ3n) is 2.06. The highest BCUT2D eigenvalue weighted by atomic mass is 35.5. The third kappa shape index (κ3) is 4.35. The zero-order valence-electron chi connectivity index (χ0n) is 10.6. The Hall–Kier alpha value is -0.820. The van der Waals surface area contributed by atoms with E-state index in [2.05, 4.69) is 5.32 Å². The van der Waals surface area contributed by atoms with Crippen molar-refractivity contribution in [1.29, 1.82) is 0 Å². The number of rotatable bonds is 2. The van der Waals surface area contributed by atoms with Crippen LogP contribution in [0.3, 0.4) is 0 Å². The van der Waals surface area contributed by atoms with Crippen LogP contribution in [0.25, 0.3) is 0 Å². The molecule has 106 valence electrons. The van der Waals surface area contributed by atoms with E-state index in [1.807, 2.05) is 0 Å². The molecule has 0 aliphatic carbocycles. The average Bonchev–Trinajstić information content (AvgIpc) is 2.11. The zero-order valence-corrected chi connectivity index (χ0v) is 12.9. The van der Waals surface area contributed by atoms with E-state index in [1.165, 1.54) is 6.07 Å². The van der Waals surface area contributed by atoms with E-state index in [1.54, 1.807) is 20.8 Å². The van der Waals surface area contributed by atoms with Gasteiger partial charge in [0.2, 0.25) is 10.0 Å². The standard InChI is InChI=1S/C11H14Cl2N2O3S/c1-11(2,3)15-10(16)6-4-9(19(14,17)18)8(13)5-7(6)12/h4-5H,1-3H3,(H,15,16)(H2,14,17,18). The summed E-state index contributed by atoms with van der Waals surface area (Å²) in [7, 11) is -4.02. The predicted molar refractivity (Wildman–Crippen MR) is 75.1 cm³/mol. The molecule has 0 aliphatic heterocycles. The monoisotopic (exact) mass is 324 g/mol. The molecule has 0 atom stereocenters. The van der Waals surface area contributed by atoms with Crippen molar-refractivity contribution in [2.24, 2.45) is 5.14 Å². The van der Waals surface area contributed by atoms with E-state index in [4.69, 9.17) is 28.3 Å². The van der Waals surface area contributed by atoms with E-state index in [-0.39, 0.29) is 20.5 Å². The summed E-state index contributed by atoms with van der Waals surface area (Å²) in [4.78, 5) is 11.7. The molecule has 0 saturated carbocycles. The highest BCUT2D eigenvalue weighted by Crippen LogP contribution is 2.28. The summed E-state index contributed by atoms with van der Waals surface area (Å²) in [6.07, 6.45) is 0. The zero-order chi connectivity index (χ0) is 15.0. The molecule has 1 amide bonds. The van der Waals surface area contributed by atoms with Crippen molar-refractivity contribution in [2.75, 3.05) is 0 Å². The molecule has 0 aliphatic rings. The van der Waals surface area contributed by atoms with E-state index >= 15 is 0 Å². The van der Waals surface area contributed by atoms with Crippen LogP contribution in [-0.2, 0) is 10.0 Å². The first kappa shape index (κ1) is 16.2. The number of benzene rings is 1. The summed E-state index contributed by atoms with van der Waals surface area (Å²) in [5, 5.41) is 7.62. The molecule has 5 nitrogen and oxygen atoms in total. The normalized spacial score (nSPS) is 12.3. The number of hydrogen-bond donors (Lipinski definition) is 2. The van der Waals surface area contributed by atoms with Crippen molar-refractivity contribution in [3.63, 3.8) is 0 Å². The van der Waals surface area contributed by atoms with Crippen LogP contribution < -0.4 is 10.5 Å². The van der Waals surface area contributed by atoms with Gasteiger partial charge in [0.25, 0.3) is 5.91 Å². The van der Waals surface area contributed by atoms with Gasteiger partial charge >= 0.3 is 0 Å². The second-order valence-electron chi connectivity index (χ2n) is 5.01. The average molecular weight is 325 g/mol. The van der Waals surface area contributed by atoms with Gasteiger partial charge in [-0.15, -0.1) is 0 Å². The minimum absolute atomic E-state index is 0.00465. The molecule has 0 unspecified atom stereocenters. The number of hydrogen-bond acceptors (Lipinski definition) is 3. The summed E-state index contributed by atoms with van der Waals surface area (Å²) in [6, 6.07) is 2.25. The van der Waals surface area contributed by atoms with Crippen LogP contribution in [0.2, 0.25) is 10.0 Å². The van der Waals surface area contributed by atoms with Gasteiger partial charge in [-0.05, 0) is 32.9 Å². The Labute approximate surface area is 122 Å². The molecule has 0 saturated heterocycles. The Kier molecular flexibility index (Phi) is 4.51. The molecule has 1 aromatic rings. The first-order valence-corrected chi connectivity index (χ1v) is 7.56. The maximum absolute atomic E-state index is 12.0. The van der Waals surface area contributed by atoms with Crippen LogP contribution in [0.5, 0.6) is 0 Å². The predicted octanol–water partition coefficient (Wildman–Crippen LogP) is 2.17. The number of amides is 1. The SMILES string of the molecule is CC(C)(C)NC(=O)c1cc(S(N)(=O)=O)c(Cl)cc1Cl. The second kappa shape index (κ2) is 5.28. The molecular formula is C11H14Cl2N2O3S. The molecule has 0 bridgehead atoms. The number of nitrogens with two attached hydrogens (primary N) is 1. The Morgan fingerprint density at radius 1 is 1.21 bits per heavy atom. The van der Waals surface area contributed by atoms with E-state index in [0.29, 0.717) is 0 Å². The molecule has 3 N–H and O–H groups in total. The molecule has 1 aromatic carbocycles. The van der Waals surface area contributed by atoms with Gasteiger partial charge < -0.3 is 5.32 Å². The van der Waals surface area contributed by atoms with E-state index in [0.717, 1.165) is 6.07 Å². The molecular weight excluding hydrogens is 311 g/mol. The number of carbonyl (C=O) groups is 1. The Balaban J connectivity index is 3.34. The van der Waals surface area contributed by atoms with Crippen LogP contribution in [0, 0.1) is 0 Å². The topological polar surface area (TPSA) is 89.3 Å². The van der Waals surface area contributed by atoms with E-state index in [9.17, 15) is 13.2 Å². The van der Waals surface area contributed by atoms with Gasteiger partial charge in [0.05, 0.1) is 15.6 Å². The lowest BCUT2D eigenvalue weighted by atomic mass is 10.1. The van der Waals surface area contributed by atoms with E-state index < -0.39 is 21.5 Å². The van der Waals surface area contributed by atoms with Gasteiger partial charge in [-0.1, -0.05) is 23.2 Å². The van der Waals surface area contributed by atoms with Crippen LogP contribution in [-0.4, -0.2) is 19.9 Å². The van der Waals surface area contributed by atoms with Gasteiger partial charge in [0.15, 0.2) is 0 Å². The molecule has 0 heterocycles. The summed E-state index contributed by atoms with van der Waals surface area (Å²) in [5.41, 5.74) is -0.480. The van der Waals surface area contributed by atoms with Crippen molar-refractivity contribution in [3.05, 3.63) is 27.7 Å². The van der Waals surface area contributed by atoms with Crippen molar-refractivity contribution < 1.29 is 13.2 Å². The molecule has 0 fully saturated rings. The number of halogens is 2. The second-order valence-corrected chi connectivity index (χ2v) is 7.36. The van der Waals surface area contributed by atoms with Crippen LogP contribution >= 0.6 is 23.2 Å². The molecule has 0 aromatic heterocycles. The lowest BCUT2D eigenvalue weighted by Crippen LogP contribution is -2.40. The van der Waals surface area contributed by atoms with Crippen molar-refractivity contribution in [2.45, 2.75) is 31.2 Å². The Bertz CT molecular complexity index is 622. The number of primary sulfonamides is 1. The lowest BCUT2D eigenvalue weighted by Gasteiger charge is -2.21. The highest BCUT2D eigenvalue weighted by Gasteiger charge is 2.22. The Morgan fingerprint density at radius 2 is 1.74 bits per heavy atom. The van der Waals surface area contributed by atoms with Crippen molar-refractivity contribution >= 4 is 39.1 Å². The fourth-order valence-electron chi connectivity index (χ4n) is 1.33. The first-order chi connectivity index (χ1) is 8.42. The number of nitrogens with one attached hydrogen (secondary N) is 1. The molecule has 0 spiro atoms. The summed E-state index contributed by atoms with van der Waals surface area (Å²) in [5.74, 6) is -0.501. The fourth-order valence-corrected chi connectivity index (χ4v) is 2.73. The molecule has 0 radical (unpaired) electrons. The quantitative estimate of drug-likeness (QED) is 0.873. The summed E-state index contributed by atoms with van der Waals surface area (Å²) < 4.78 is 22.7. The van der Waals surface area contributed by atoms with Crippen LogP contribution in [0.4, 0.5) is 0 Å². The number of sulfonamides is 1. The minimum atomic E-state index is -4.02. The third-order valence-corrected chi connectivity index (χ3v) is 3.75. The maximum Gasteiger partial charge on any atom is 0.253 e. The molecule has 19 heavy (non-hydrogen) atoms. The maximum atomic E-state index is 12.0. The van der Waals surface area contributed by atoms with Crippen LogP contribution in [0.15, 0.2) is 17.0 Å². The van der Waals surface area contributed by atoms with Gasteiger partial charge in [0, 0.05) is 5.54 Å². The lowest BCUT2D eigenvalue weighted by molar-refractivity contribution is 0.0919. The van der Waals surface area contributed by atoms with Crippen LogP contribution in [0.1, 0.15) is 31.1 Å². The van der Waals surface area contributed by atoms with Gasteiger partial charge in [-0.3, -0.25) is 4.79 Å². The largest absolute Gasteiger partial charge is 0.347 e. The van der Waals surface area contributed by atoms with Gasteiger partial charge in [0.1, 0.15) is 4.90 Å². The smallest absolute Gasteiger partial charge is 0.253 e. The minimum Gasteiger partial charge on any atom is -0.347 e.